The molecule has 1 fully saturated rings. The van der Waals surface area contributed by atoms with Gasteiger partial charge in [-0.15, -0.1) is 0 Å². The van der Waals surface area contributed by atoms with Crippen LogP contribution in [0.3, 0.4) is 0 Å². The maximum atomic E-state index is 4.44. The fourth-order valence-electron chi connectivity index (χ4n) is 3.34. The van der Waals surface area contributed by atoms with Gasteiger partial charge in [0.05, 0.1) is 0 Å². The maximum Gasteiger partial charge on any atom is 0.138 e. The highest BCUT2D eigenvalue weighted by atomic mass is 15.3. The van der Waals surface area contributed by atoms with Gasteiger partial charge in [0, 0.05) is 19.0 Å². The van der Waals surface area contributed by atoms with Crippen molar-refractivity contribution in [2.24, 2.45) is 5.92 Å². The molecule has 0 aromatic carbocycles. The van der Waals surface area contributed by atoms with E-state index in [1.165, 1.54) is 44.9 Å². The third-order valence-corrected chi connectivity index (χ3v) is 4.45. The number of hydrogen-bond acceptors (Lipinski definition) is 3. The molecule has 0 aliphatic heterocycles. The van der Waals surface area contributed by atoms with Crippen LogP contribution in [0.4, 0.5) is 0 Å². The first-order valence-electron chi connectivity index (χ1n) is 8.43. The number of aromatic nitrogens is 3. The van der Waals surface area contributed by atoms with Crippen LogP contribution in [0.25, 0.3) is 0 Å². The predicted octanol–water partition coefficient (Wildman–Crippen LogP) is 3.18. The summed E-state index contributed by atoms with van der Waals surface area (Å²) in [5, 5.41) is 8.02. The van der Waals surface area contributed by atoms with Gasteiger partial charge in [-0.2, -0.15) is 5.10 Å². The smallest absolute Gasteiger partial charge is 0.138 e. The van der Waals surface area contributed by atoms with Crippen LogP contribution in [0.1, 0.15) is 64.6 Å². The SMILES string of the molecule is CCCNC(Cc1ncnn1CC)CC1CCCCC1. The maximum absolute atomic E-state index is 4.44. The van der Waals surface area contributed by atoms with Gasteiger partial charge < -0.3 is 5.32 Å². The Hall–Kier alpha value is -0.900. The van der Waals surface area contributed by atoms with Gasteiger partial charge in [-0.25, -0.2) is 4.98 Å². The van der Waals surface area contributed by atoms with Gasteiger partial charge >= 0.3 is 0 Å². The highest BCUT2D eigenvalue weighted by Gasteiger charge is 2.20. The molecule has 0 bridgehead atoms. The normalized spacial score (nSPS) is 18.3. The Bertz CT molecular complexity index is 368. The van der Waals surface area contributed by atoms with Gasteiger partial charge in [-0.05, 0) is 32.2 Å². The summed E-state index contributed by atoms with van der Waals surface area (Å²) < 4.78 is 2.03. The van der Waals surface area contributed by atoms with E-state index >= 15 is 0 Å². The van der Waals surface area contributed by atoms with E-state index in [9.17, 15) is 0 Å². The second-order valence-corrected chi connectivity index (χ2v) is 6.09. The molecule has 0 spiro atoms. The lowest BCUT2D eigenvalue weighted by molar-refractivity contribution is 0.294. The predicted molar refractivity (Wildman–Crippen MR) is 82.7 cm³/mol. The molecule has 1 saturated carbocycles. The first kappa shape index (κ1) is 15.5. The Kier molecular flexibility index (Phi) is 6.51. The van der Waals surface area contributed by atoms with E-state index in [0.29, 0.717) is 6.04 Å². The Morgan fingerprint density at radius 2 is 2.10 bits per heavy atom. The van der Waals surface area contributed by atoms with Crippen molar-refractivity contribution in [1.29, 1.82) is 0 Å². The molecule has 1 aliphatic rings. The summed E-state index contributed by atoms with van der Waals surface area (Å²) in [5.41, 5.74) is 0. The van der Waals surface area contributed by atoms with Crippen molar-refractivity contribution in [3.05, 3.63) is 12.2 Å². The summed E-state index contributed by atoms with van der Waals surface area (Å²) in [4.78, 5) is 4.44. The van der Waals surface area contributed by atoms with Crippen LogP contribution in [0, 0.1) is 5.92 Å². The number of rotatable bonds is 8. The molecule has 20 heavy (non-hydrogen) atoms. The summed E-state index contributed by atoms with van der Waals surface area (Å²) in [6, 6.07) is 0.563. The van der Waals surface area contributed by atoms with Crippen LogP contribution in [0.2, 0.25) is 0 Å². The van der Waals surface area contributed by atoms with Crippen LogP contribution in [-0.4, -0.2) is 27.4 Å². The topological polar surface area (TPSA) is 42.7 Å². The van der Waals surface area contributed by atoms with Crippen molar-refractivity contribution in [3.8, 4) is 0 Å². The molecule has 1 unspecified atom stereocenters. The third-order valence-electron chi connectivity index (χ3n) is 4.45. The summed E-state index contributed by atoms with van der Waals surface area (Å²) in [7, 11) is 0. The van der Waals surface area contributed by atoms with Crippen LogP contribution < -0.4 is 5.32 Å². The van der Waals surface area contributed by atoms with E-state index in [0.717, 1.165) is 31.3 Å². The number of nitrogens with one attached hydrogen (secondary N) is 1. The molecule has 0 saturated heterocycles. The van der Waals surface area contributed by atoms with Crippen molar-refractivity contribution in [2.45, 2.75) is 77.8 Å². The minimum absolute atomic E-state index is 0.563. The largest absolute Gasteiger partial charge is 0.314 e. The molecule has 114 valence electrons. The lowest BCUT2D eigenvalue weighted by Gasteiger charge is -2.27. The van der Waals surface area contributed by atoms with Crippen molar-refractivity contribution in [3.63, 3.8) is 0 Å². The van der Waals surface area contributed by atoms with E-state index in [1.54, 1.807) is 6.33 Å². The minimum Gasteiger partial charge on any atom is -0.314 e. The molecule has 1 heterocycles. The quantitative estimate of drug-likeness (QED) is 0.794. The van der Waals surface area contributed by atoms with Gasteiger partial charge in [-0.1, -0.05) is 39.0 Å². The average molecular weight is 278 g/mol. The number of aryl methyl sites for hydroxylation is 1. The van der Waals surface area contributed by atoms with Crippen molar-refractivity contribution >= 4 is 0 Å². The van der Waals surface area contributed by atoms with Gasteiger partial charge in [0.1, 0.15) is 12.2 Å². The lowest BCUT2D eigenvalue weighted by Crippen LogP contribution is -2.35. The van der Waals surface area contributed by atoms with Crippen LogP contribution >= 0.6 is 0 Å². The van der Waals surface area contributed by atoms with E-state index in [4.69, 9.17) is 0 Å². The number of hydrogen-bond donors (Lipinski definition) is 1. The van der Waals surface area contributed by atoms with E-state index in [2.05, 4.69) is 29.2 Å². The Balaban J connectivity index is 1.91. The summed E-state index contributed by atoms with van der Waals surface area (Å²) >= 11 is 0. The van der Waals surface area contributed by atoms with E-state index < -0.39 is 0 Å². The first-order valence-corrected chi connectivity index (χ1v) is 8.43. The van der Waals surface area contributed by atoms with Gasteiger partial charge in [0.2, 0.25) is 0 Å². The van der Waals surface area contributed by atoms with Crippen molar-refractivity contribution in [1.82, 2.24) is 20.1 Å². The van der Waals surface area contributed by atoms with Crippen LogP contribution in [0.15, 0.2) is 6.33 Å². The summed E-state index contributed by atoms with van der Waals surface area (Å²) in [6.07, 6.45) is 12.3. The Morgan fingerprint density at radius 1 is 1.30 bits per heavy atom. The van der Waals surface area contributed by atoms with Crippen LogP contribution in [0.5, 0.6) is 0 Å². The fourth-order valence-corrected chi connectivity index (χ4v) is 3.34. The zero-order valence-electron chi connectivity index (χ0n) is 13.1. The second kappa shape index (κ2) is 8.40. The van der Waals surface area contributed by atoms with Gasteiger partial charge in [0.25, 0.3) is 0 Å². The second-order valence-electron chi connectivity index (χ2n) is 6.09. The fraction of sp³-hybridized carbons (Fsp3) is 0.875. The van der Waals surface area contributed by atoms with Crippen molar-refractivity contribution < 1.29 is 0 Å². The Morgan fingerprint density at radius 3 is 2.80 bits per heavy atom. The van der Waals surface area contributed by atoms with E-state index in [-0.39, 0.29) is 0 Å². The Labute approximate surface area is 123 Å². The molecule has 1 atom stereocenters. The van der Waals surface area contributed by atoms with Crippen LogP contribution in [-0.2, 0) is 13.0 Å². The van der Waals surface area contributed by atoms with Gasteiger partial charge in [-0.3, -0.25) is 4.68 Å². The zero-order chi connectivity index (χ0) is 14.2. The molecule has 1 aromatic heterocycles. The first-order chi connectivity index (χ1) is 9.83. The average Bonchev–Trinajstić information content (AvgIpc) is 2.93. The van der Waals surface area contributed by atoms with Gasteiger partial charge in [0.15, 0.2) is 0 Å². The highest BCUT2D eigenvalue weighted by Crippen LogP contribution is 2.28. The molecule has 0 amide bonds. The molecule has 1 aromatic rings. The zero-order valence-corrected chi connectivity index (χ0v) is 13.1. The molecule has 4 heteroatoms. The molecule has 4 nitrogen and oxygen atoms in total. The van der Waals surface area contributed by atoms with Crippen molar-refractivity contribution in [2.75, 3.05) is 6.54 Å². The molecule has 1 N–H and O–H groups in total. The molecule has 1 aliphatic carbocycles. The third kappa shape index (κ3) is 4.58. The monoisotopic (exact) mass is 278 g/mol. The summed E-state index contributed by atoms with van der Waals surface area (Å²) in [5.74, 6) is 2.05. The lowest BCUT2D eigenvalue weighted by atomic mass is 9.84. The minimum atomic E-state index is 0.563. The molecule has 0 radical (unpaired) electrons. The van der Waals surface area contributed by atoms with E-state index in [1.807, 2.05) is 4.68 Å². The summed E-state index contributed by atoms with van der Waals surface area (Å²) in [6.45, 7) is 6.39. The highest BCUT2D eigenvalue weighted by molar-refractivity contribution is 4.91. The molecular weight excluding hydrogens is 248 g/mol. The standard InChI is InChI=1S/C16H30N4/c1-3-10-17-15(11-14-8-6-5-7-9-14)12-16-18-13-19-20(16)4-2/h13-15,17H,3-12H2,1-2H3. The molecule has 2 rings (SSSR count). The molecular formula is C16H30N4. The number of nitrogens with zero attached hydrogens (tertiary/aromatic N) is 3.